The minimum absolute atomic E-state index is 0.0657. The number of carbonyl (C=O) groups excluding carboxylic acids is 1. The summed E-state index contributed by atoms with van der Waals surface area (Å²) in [5.41, 5.74) is 1.69. The van der Waals surface area contributed by atoms with Gasteiger partial charge in [0.2, 0.25) is 5.91 Å². The number of carbonyl (C=O) groups is 1. The summed E-state index contributed by atoms with van der Waals surface area (Å²) in [7, 11) is 0. The van der Waals surface area contributed by atoms with Crippen LogP contribution < -0.4 is 10.6 Å². The molecule has 222 valence electrons. The van der Waals surface area contributed by atoms with E-state index in [1.165, 1.54) is 16.7 Å². The van der Waals surface area contributed by atoms with Gasteiger partial charge in [-0.05, 0) is 62.9 Å². The van der Waals surface area contributed by atoms with Crippen LogP contribution in [0.25, 0.3) is 33.6 Å². The molecule has 2 atom stereocenters. The first-order valence-electron chi connectivity index (χ1n) is 16.6. The number of pyridine rings is 2. The molecular weight excluding hydrogens is 560 g/mol. The number of aryl methyl sites for hydroxylation is 1. The lowest BCUT2D eigenvalue weighted by atomic mass is 9.98. The van der Waals surface area contributed by atoms with Crippen molar-refractivity contribution < 1.29 is 11.6 Å². The van der Waals surface area contributed by atoms with Crippen LogP contribution in [0.4, 0.5) is 5.82 Å². The molecule has 0 radical (unpaired) electrons. The van der Waals surface area contributed by atoms with E-state index in [9.17, 15) is 9.59 Å². The molecule has 0 bridgehead atoms. The maximum absolute atomic E-state index is 14.3. The molecule has 8 nitrogen and oxygen atoms in total. The van der Waals surface area contributed by atoms with Gasteiger partial charge in [-0.2, -0.15) is 4.98 Å². The van der Waals surface area contributed by atoms with Crippen LogP contribution in [0, 0.1) is 6.92 Å². The van der Waals surface area contributed by atoms with E-state index in [0.717, 1.165) is 5.56 Å². The Bertz CT molecular complexity index is 2010. The summed E-state index contributed by atoms with van der Waals surface area (Å²) in [5, 5.41) is 0.617. The normalized spacial score (nSPS) is 18.9. The molecule has 1 aliphatic heterocycles. The third-order valence-electron chi connectivity index (χ3n) is 7.83. The fraction of sp³-hybridized carbons (Fsp3) is 0.324. The number of hydrogen-bond donors (Lipinski definition) is 0. The molecule has 0 unspecified atom stereocenters. The number of fused-ring (bicyclic) bond motifs is 1. The van der Waals surface area contributed by atoms with E-state index in [-0.39, 0.29) is 51.4 Å². The zero-order valence-corrected chi connectivity index (χ0v) is 25.6. The lowest BCUT2D eigenvalue weighted by molar-refractivity contribution is -0.127. The second-order valence-corrected chi connectivity index (χ2v) is 11.6. The standard InChI is InChI=1S/C34H37ClN6O2/c1-9-28(42)39-17-22(7)40(23(8)18-39)33-26-16-27(35)30(25-13-11-10-12-24(25)19(2)3)37-32(26)41(34(43)38-33)31-21(6)14-15-36-29(31)20(4)5/h9-16,20,22-23H,1-2,17-18H2,3-8H3/t22-,23-/m0/s1/i2D2,3D3. The lowest BCUT2D eigenvalue weighted by Crippen LogP contribution is -2.58. The molecule has 0 spiro atoms. The quantitative estimate of drug-likeness (QED) is 0.232. The Labute approximate surface area is 264 Å². The van der Waals surface area contributed by atoms with Crippen molar-refractivity contribution in [1.82, 2.24) is 24.4 Å². The molecule has 0 N–H and O–H groups in total. The van der Waals surface area contributed by atoms with E-state index in [1.54, 1.807) is 41.4 Å². The van der Waals surface area contributed by atoms with Crippen molar-refractivity contribution in [2.24, 2.45) is 0 Å². The van der Waals surface area contributed by atoms with Gasteiger partial charge in [-0.3, -0.25) is 9.78 Å². The van der Waals surface area contributed by atoms with Crippen molar-refractivity contribution in [2.45, 2.75) is 59.5 Å². The Morgan fingerprint density at radius 1 is 1.19 bits per heavy atom. The van der Waals surface area contributed by atoms with Crippen molar-refractivity contribution in [2.75, 3.05) is 18.0 Å². The summed E-state index contributed by atoms with van der Waals surface area (Å²) in [5.74, 6) is 0.0995. The highest BCUT2D eigenvalue weighted by atomic mass is 35.5. The second-order valence-electron chi connectivity index (χ2n) is 11.2. The highest BCUT2D eigenvalue weighted by Crippen LogP contribution is 2.38. The molecule has 1 aromatic carbocycles. The predicted molar refractivity (Wildman–Crippen MR) is 175 cm³/mol. The number of rotatable bonds is 6. The maximum atomic E-state index is 14.3. The maximum Gasteiger partial charge on any atom is 0.355 e. The molecule has 1 saturated heterocycles. The second kappa shape index (κ2) is 11.8. The van der Waals surface area contributed by atoms with Crippen LogP contribution >= 0.6 is 11.6 Å². The van der Waals surface area contributed by atoms with Crippen molar-refractivity contribution >= 4 is 39.9 Å². The highest BCUT2D eigenvalue weighted by molar-refractivity contribution is 6.34. The van der Waals surface area contributed by atoms with E-state index in [2.05, 4.69) is 16.5 Å². The third kappa shape index (κ3) is 5.36. The molecular formula is C34H37ClN6O2. The largest absolute Gasteiger partial charge is 0.355 e. The number of halogens is 1. The molecule has 4 heterocycles. The van der Waals surface area contributed by atoms with Crippen molar-refractivity contribution in [3.8, 4) is 16.9 Å². The lowest BCUT2D eigenvalue weighted by Gasteiger charge is -2.45. The van der Waals surface area contributed by atoms with Crippen molar-refractivity contribution in [1.29, 1.82) is 0 Å². The van der Waals surface area contributed by atoms with Crippen LogP contribution in [-0.2, 0) is 4.79 Å². The van der Waals surface area contributed by atoms with Crippen LogP contribution in [0.5, 0.6) is 0 Å². The van der Waals surface area contributed by atoms with E-state index >= 15 is 0 Å². The minimum Gasteiger partial charge on any atom is -0.347 e. The number of aromatic nitrogens is 4. The molecule has 1 amide bonds. The van der Waals surface area contributed by atoms with Crippen LogP contribution in [0.15, 0.2) is 66.6 Å². The number of piperazine rings is 1. The zero-order valence-electron chi connectivity index (χ0n) is 29.8. The summed E-state index contributed by atoms with van der Waals surface area (Å²) >= 11 is 7.00. The number of anilines is 1. The molecule has 5 rings (SSSR count). The van der Waals surface area contributed by atoms with Gasteiger partial charge in [-0.25, -0.2) is 14.3 Å². The molecule has 4 aromatic rings. The number of amides is 1. The zero-order chi connectivity index (χ0) is 35.2. The number of allylic oxidation sites excluding steroid dienone is 1. The molecule has 1 aliphatic rings. The fourth-order valence-corrected chi connectivity index (χ4v) is 6.19. The van der Waals surface area contributed by atoms with Gasteiger partial charge < -0.3 is 9.80 Å². The van der Waals surface area contributed by atoms with Crippen molar-refractivity contribution in [3.63, 3.8) is 0 Å². The monoisotopic (exact) mass is 601 g/mol. The molecule has 0 aliphatic carbocycles. The number of benzene rings is 1. The SMILES string of the molecule is [2H]C([2H])=C(c1ccccc1-c1nc2c(cc1Cl)c(N1[C@@H](C)CN(C(=O)C=C)C[C@@H]1C)nc(=O)n2-c1c(C)ccnc1C(C)C)C([2H])([2H])[2H]. The van der Waals surface area contributed by atoms with Gasteiger partial charge in [0.1, 0.15) is 5.82 Å². The smallest absolute Gasteiger partial charge is 0.347 e. The van der Waals surface area contributed by atoms with Crippen molar-refractivity contribution in [3.05, 3.63) is 94.1 Å². The highest BCUT2D eigenvalue weighted by Gasteiger charge is 2.34. The van der Waals surface area contributed by atoms with Gasteiger partial charge in [0.05, 0.1) is 30.2 Å². The van der Waals surface area contributed by atoms with Crippen LogP contribution in [0.2, 0.25) is 5.02 Å². The first-order chi connectivity index (χ1) is 22.6. The third-order valence-corrected chi connectivity index (χ3v) is 8.12. The Balaban J connectivity index is 1.88. The van der Waals surface area contributed by atoms with Gasteiger partial charge in [0.15, 0.2) is 5.65 Å². The molecule has 3 aromatic heterocycles. The minimum atomic E-state index is -2.77. The summed E-state index contributed by atoms with van der Waals surface area (Å²) in [4.78, 5) is 44.7. The van der Waals surface area contributed by atoms with Gasteiger partial charge in [-0.15, -0.1) is 0 Å². The average molecular weight is 602 g/mol. The van der Waals surface area contributed by atoms with E-state index in [1.807, 2.05) is 39.5 Å². The first kappa shape index (κ1) is 24.2. The van der Waals surface area contributed by atoms with Gasteiger partial charge in [-0.1, -0.05) is 68.4 Å². The Morgan fingerprint density at radius 2 is 1.91 bits per heavy atom. The van der Waals surface area contributed by atoms with Gasteiger partial charge in [0.25, 0.3) is 0 Å². The Kier molecular flexibility index (Phi) is 6.61. The summed E-state index contributed by atoms with van der Waals surface area (Å²) in [6.07, 6.45) is 2.97. The summed E-state index contributed by atoms with van der Waals surface area (Å²) < 4.78 is 41.7. The Morgan fingerprint density at radius 3 is 2.56 bits per heavy atom. The topological polar surface area (TPSA) is 84.2 Å². The fourth-order valence-electron chi connectivity index (χ4n) is 5.93. The molecule has 0 saturated carbocycles. The van der Waals surface area contributed by atoms with E-state index in [0.29, 0.717) is 35.7 Å². The number of nitrogens with zero attached hydrogens (tertiary/aromatic N) is 6. The van der Waals surface area contributed by atoms with E-state index < -0.39 is 24.6 Å². The first-order valence-corrected chi connectivity index (χ1v) is 14.5. The molecule has 1 fully saturated rings. The van der Waals surface area contributed by atoms with E-state index in [4.69, 9.17) is 23.4 Å². The average Bonchev–Trinajstić information content (AvgIpc) is 3.00. The summed E-state index contributed by atoms with van der Waals surface area (Å²) in [6.45, 7) is 10.5. The Hall–Kier alpha value is -4.30. The summed E-state index contributed by atoms with van der Waals surface area (Å²) in [6, 6.07) is 9.43. The van der Waals surface area contributed by atoms with Gasteiger partial charge >= 0.3 is 5.69 Å². The van der Waals surface area contributed by atoms with Crippen LogP contribution in [0.1, 0.15) is 64.1 Å². The molecule has 9 heteroatoms. The van der Waals surface area contributed by atoms with Crippen LogP contribution in [0.3, 0.4) is 0 Å². The van der Waals surface area contributed by atoms with Gasteiger partial charge in [0, 0.05) is 41.0 Å². The van der Waals surface area contributed by atoms with Crippen LogP contribution in [-0.4, -0.2) is 55.5 Å². The predicted octanol–water partition coefficient (Wildman–Crippen LogP) is 6.57. The molecule has 43 heavy (non-hydrogen) atoms. The number of hydrogen-bond acceptors (Lipinski definition) is 6.